The van der Waals surface area contributed by atoms with E-state index in [4.69, 9.17) is 4.74 Å². The number of hydrogen-bond acceptors (Lipinski definition) is 5. The minimum absolute atomic E-state index is 0.0354. The maximum atomic E-state index is 11.6. The van der Waals surface area contributed by atoms with Gasteiger partial charge < -0.3 is 15.4 Å². The Bertz CT molecular complexity index is 636. The van der Waals surface area contributed by atoms with Crippen LogP contribution in [-0.4, -0.2) is 23.2 Å². The van der Waals surface area contributed by atoms with Crippen molar-refractivity contribution in [1.82, 2.24) is 10.2 Å². The molecule has 1 heterocycles. The van der Waals surface area contributed by atoms with Gasteiger partial charge in [0.15, 0.2) is 5.82 Å². The molecule has 3 rings (SSSR count). The molecule has 0 saturated heterocycles. The molecule has 114 valence electrons. The van der Waals surface area contributed by atoms with Crippen molar-refractivity contribution in [2.75, 3.05) is 17.7 Å². The van der Waals surface area contributed by atoms with Gasteiger partial charge in [-0.1, -0.05) is 12.1 Å². The van der Waals surface area contributed by atoms with Crippen LogP contribution in [0.1, 0.15) is 18.4 Å². The number of rotatable bonds is 6. The van der Waals surface area contributed by atoms with Crippen LogP contribution in [0, 0.1) is 5.92 Å². The van der Waals surface area contributed by atoms with Crippen molar-refractivity contribution in [1.29, 1.82) is 0 Å². The summed E-state index contributed by atoms with van der Waals surface area (Å²) in [5.41, 5.74) is 1.12. The average Bonchev–Trinajstić information content (AvgIpc) is 3.40. The van der Waals surface area contributed by atoms with Gasteiger partial charge in [-0.3, -0.25) is 4.79 Å². The summed E-state index contributed by atoms with van der Waals surface area (Å²) in [6, 6.07) is 11.4. The largest absolute Gasteiger partial charge is 0.497 e. The van der Waals surface area contributed by atoms with Crippen LogP contribution in [-0.2, 0) is 11.3 Å². The Morgan fingerprint density at radius 3 is 2.41 bits per heavy atom. The summed E-state index contributed by atoms with van der Waals surface area (Å²) in [5, 5.41) is 14.0. The van der Waals surface area contributed by atoms with Gasteiger partial charge in [-0.25, -0.2) is 0 Å². The smallest absolute Gasteiger partial charge is 0.228 e. The molecule has 22 heavy (non-hydrogen) atoms. The van der Waals surface area contributed by atoms with E-state index in [1.54, 1.807) is 19.2 Å². The highest BCUT2D eigenvalue weighted by atomic mass is 16.5. The van der Waals surface area contributed by atoms with Gasteiger partial charge >= 0.3 is 0 Å². The number of methoxy groups -OCH3 is 1. The van der Waals surface area contributed by atoms with Crippen molar-refractivity contribution < 1.29 is 9.53 Å². The van der Waals surface area contributed by atoms with Crippen molar-refractivity contribution >= 4 is 17.5 Å². The molecule has 1 aliphatic carbocycles. The third-order valence-electron chi connectivity index (χ3n) is 3.50. The van der Waals surface area contributed by atoms with Crippen LogP contribution in [0.3, 0.4) is 0 Å². The van der Waals surface area contributed by atoms with Gasteiger partial charge in [0.25, 0.3) is 0 Å². The molecule has 1 fully saturated rings. The Hall–Kier alpha value is -2.63. The summed E-state index contributed by atoms with van der Waals surface area (Å²) < 4.78 is 5.12. The Labute approximate surface area is 128 Å². The number of anilines is 2. The monoisotopic (exact) mass is 298 g/mol. The molecule has 1 aliphatic rings. The fourth-order valence-electron chi connectivity index (χ4n) is 2.00. The van der Waals surface area contributed by atoms with Gasteiger partial charge in [0.1, 0.15) is 11.6 Å². The van der Waals surface area contributed by atoms with Gasteiger partial charge in [-0.2, -0.15) is 0 Å². The normalized spacial score (nSPS) is 13.5. The van der Waals surface area contributed by atoms with Crippen LogP contribution in [0.2, 0.25) is 0 Å². The zero-order valence-corrected chi connectivity index (χ0v) is 12.4. The molecule has 2 aromatic rings. The lowest BCUT2D eigenvalue weighted by Crippen LogP contribution is -2.15. The lowest BCUT2D eigenvalue weighted by molar-refractivity contribution is -0.117. The highest BCUT2D eigenvalue weighted by Crippen LogP contribution is 2.29. The topological polar surface area (TPSA) is 76.1 Å². The molecule has 1 aromatic carbocycles. The Morgan fingerprint density at radius 1 is 1.14 bits per heavy atom. The van der Waals surface area contributed by atoms with E-state index in [1.165, 1.54) is 0 Å². The van der Waals surface area contributed by atoms with E-state index in [-0.39, 0.29) is 11.8 Å². The molecule has 1 saturated carbocycles. The molecular weight excluding hydrogens is 280 g/mol. The zero-order valence-electron chi connectivity index (χ0n) is 12.4. The first-order valence-corrected chi connectivity index (χ1v) is 7.26. The molecule has 6 nitrogen and oxygen atoms in total. The maximum absolute atomic E-state index is 11.6. The van der Waals surface area contributed by atoms with Crippen LogP contribution in [0.5, 0.6) is 5.75 Å². The van der Waals surface area contributed by atoms with Crippen molar-refractivity contribution in [3.05, 3.63) is 42.0 Å². The predicted molar refractivity (Wildman–Crippen MR) is 83.7 cm³/mol. The van der Waals surface area contributed by atoms with Crippen molar-refractivity contribution in [3.63, 3.8) is 0 Å². The quantitative estimate of drug-likeness (QED) is 0.856. The number of hydrogen-bond donors (Lipinski definition) is 2. The van der Waals surface area contributed by atoms with Crippen LogP contribution < -0.4 is 15.4 Å². The van der Waals surface area contributed by atoms with Crippen molar-refractivity contribution in [2.45, 2.75) is 19.4 Å². The number of carbonyl (C=O) groups is 1. The molecule has 0 radical (unpaired) electrons. The number of benzene rings is 1. The van der Waals surface area contributed by atoms with E-state index in [1.807, 2.05) is 24.3 Å². The summed E-state index contributed by atoms with van der Waals surface area (Å²) in [6.45, 7) is 0.645. The molecule has 0 unspecified atom stereocenters. The maximum Gasteiger partial charge on any atom is 0.228 e. The standard InChI is InChI=1S/C16H18N4O2/c1-22-13-6-2-11(3-7-13)10-17-14-8-9-15(20-19-14)18-16(21)12-4-5-12/h2-3,6-9,12H,4-5,10H2,1H3,(H,17,19)(H,18,20,21). The second-order valence-corrected chi connectivity index (χ2v) is 5.27. The first-order chi connectivity index (χ1) is 10.7. The molecular formula is C16H18N4O2. The van der Waals surface area contributed by atoms with Gasteiger partial charge in [0.2, 0.25) is 5.91 Å². The van der Waals surface area contributed by atoms with Crippen molar-refractivity contribution in [3.8, 4) is 5.75 Å². The molecule has 2 N–H and O–H groups in total. The van der Waals surface area contributed by atoms with Crippen molar-refractivity contribution in [2.24, 2.45) is 5.92 Å². The molecule has 1 aromatic heterocycles. The second-order valence-electron chi connectivity index (χ2n) is 5.27. The van der Waals surface area contributed by atoms with Crippen LogP contribution in [0.4, 0.5) is 11.6 Å². The second kappa shape index (κ2) is 6.43. The molecule has 0 aliphatic heterocycles. The van der Waals surface area contributed by atoms with E-state index >= 15 is 0 Å². The van der Waals surface area contributed by atoms with Crippen LogP contribution in [0.15, 0.2) is 36.4 Å². The summed E-state index contributed by atoms with van der Waals surface area (Å²) in [5.74, 6) is 2.19. The number of carbonyl (C=O) groups excluding carboxylic acids is 1. The van der Waals surface area contributed by atoms with E-state index < -0.39 is 0 Å². The number of ether oxygens (including phenoxy) is 1. The summed E-state index contributed by atoms with van der Waals surface area (Å²) in [4.78, 5) is 11.6. The number of nitrogens with zero attached hydrogens (tertiary/aromatic N) is 2. The van der Waals surface area contributed by atoms with E-state index in [0.29, 0.717) is 18.2 Å². The average molecular weight is 298 g/mol. The molecule has 1 amide bonds. The Balaban J connectivity index is 1.52. The molecule has 6 heteroatoms. The van der Waals surface area contributed by atoms with E-state index in [9.17, 15) is 4.79 Å². The predicted octanol–water partition coefficient (Wildman–Crippen LogP) is 2.45. The SMILES string of the molecule is COc1ccc(CNc2ccc(NC(=O)C3CC3)nn2)cc1. The molecule has 0 spiro atoms. The minimum Gasteiger partial charge on any atom is -0.497 e. The van der Waals surface area contributed by atoms with Gasteiger partial charge in [-0.05, 0) is 42.7 Å². The first-order valence-electron chi connectivity index (χ1n) is 7.26. The minimum atomic E-state index is 0.0354. The van der Waals surface area contributed by atoms with Gasteiger partial charge in [0.05, 0.1) is 7.11 Å². The fourth-order valence-corrected chi connectivity index (χ4v) is 2.00. The highest BCUT2D eigenvalue weighted by molar-refractivity contribution is 5.93. The van der Waals surface area contributed by atoms with Gasteiger partial charge in [-0.15, -0.1) is 10.2 Å². The lowest BCUT2D eigenvalue weighted by Gasteiger charge is -2.07. The van der Waals surface area contributed by atoms with E-state index in [0.717, 1.165) is 24.2 Å². The Kier molecular flexibility index (Phi) is 4.18. The number of aromatic nitrogens is 2. The van der Waals surface area contributed by atoms with E-state index in [2.05, 4.69) is 20.8 Å². The summed E-state index contributed by atoms with van der Waals surface area (Å²) >= 11 is 0. The third-order valence-corrected chi connectivity index (χ3v) is 3.50. The number of nitrogens with one attached hydrogen (secondary N) is 2. The highest BCUT2D eigenvalue weighted by Gasteiger charge is 2.29. The fraction of sp³-hybridized carbons (Fsp3) is 0.312. The van der Waals surface area contributed by atoms with Gasteiger partial charge in [0, 0.05) is 12.5 Å². The lowest BCUT2D eigenvalue weighted by atomic mass is 10.2. The first kappa shape index (κ1) is 14.3. The zero-order chi connectivity index (χ0) is 15.4. The molecule has 0 atom stereocenters. The van der Waals surface area contributed by atoms with Crippen LogP contribution in [0.25, 0.3) is 0 Å². The third kappa shape index (κ3) is 3.72. The number of amides is 1. The van der Waals surface area contributed by atoms with Crippen LogP contribution >= 0.6 is 0 Å². The molecule has 0 bridgehead atoms. The summed E-state index contributed by atoms with van der Waals surface area (Å²) in [6.07, 6.45) is 1.95. The Morgan fingerprint density at radius 2 is 1.82 bits per heavy atom. The summed E-state index contributed by atoms with van der Waals surface area (Å²) in [7, 11) is 1.65.